The maximum absolute atomic E-state index is 12.3. The number of H-pyrrole nitrogens is 2. The average molecular weight is 441 g/mol. The minimum atomic E-state index is -0.177. The van der Waals surface area contributed by atoms with Crippen molar-refractivity contribution in [3.63, 3.8) is 0 Å². The van der Waals surface area contributed by atoms with Crippen molar-refractivity contribution in [2.24, 2.45) is 0 Å². The standard InChI is InChI=1S/C17H16N4O3.2C4H10/c1-23-13-4-2-3-5-14(13)24-9-8-21-12-10-19-16-11(6-7-18-16)15(12)20-17(21)22;2*1-3-4-2/h2-7,10H,8-9H2,1H3,(H,18,19)(H,20,22);2*3-4H2,1-2H3. The maximum atomic E-state index is 12.3. The highest BCUT2D eigenvalue weighted by Gasteiger charge is 2.11. The molecule has 0 saturated carbocycles. The fourth-order valence-corrected chi connectivity index (χ4v) is 2.82. The van der Waals surface area contributed by atoms with Gasteiger partial charge in [0.2, 0.25) is 0 Å². The summed E-state index contributed by atoms with van der Waals surface area (Å²) in [5, 5.41) is 0.897. The number of unbranched alkanes of at least 4 members (excludes halogenated alkanes) is 2. The third-order valence-corrected chi connectivity index (χ3v) is 4.98. The Kier molecular flexibility index (Phi) is 10.4. The van der Waals surface area contributed by atoms with E-state index in [-0.39, 0.29) is 5.69 Å². The minimum Gasteiger partial charge on any atom is -0.493 e. The molecule has 7 nitrogen and oxygen atoms in total. The predicted octanol–water partition coefficient (Wildman–Crippen LogP) is 5.91. The van der Waals surface area contributed by atoms with Crippen LogP contribution >= 0.6 is 0 Å². The first-order chi connectivity index (χ1) is 15.6. The first-order valence-corrected chi connectivity index (χ1v) is 11.4. The van der Waals surface area contributed by atoms with E-state index in [9.17, 15) is 4.79 Å². The molecule has 4 rings (SSSR count). The monoisotopic (exact) mass is 440 g/mol. The van der Waals surface area contributed by atoms with Crippen LogP contribution in [0.2, 0.25) is 0 Å². The van der Waals surface area contributed by atoms with Crippen LogP contribution in [0, 0.1) is 0 Å². The summed E-state index contributed by atoms with van der Waals surface area (Å²) in [6.45, 7) is 9.48. The number of nitrogens with zero attached hydrogens (tertiary/aromatic N) is 2. The lowest BCUT2D eigenvalue weighted by Crippen LogP contribution is -2.20. The Bertz CT molecular complexity index is 1120. The van der Waals surface area contributed by atoms with E-state index >= 15 is 0 Å². The number of fused-ring (bicyclic) bond motifs is 3. The largest absolute Gasteiger partial charge is 0.493 e. The summed E-state index contributed by atoms with van der Waals surface area (Å²) < 4.78 is 12.6. The number of benzene rings is 1. The van der Waals surface area contributed by atoms with Crippen LogP contribution in [-0.2, 0) is 6.54 Å². The van der Waals surface area contributed by atoms with Gasteiger partial charge in [-0.3, -0.25) is 4.57 Å². The molecule has 0 saturated heterocycles. The molecule has 0 aliphatic heterocycles. The van der Waals surface area contributed by atoms with Crippen LogP contribution in [-0.4, -0.2) is 33.2 Å². The van der Waals surface area contributed by atoms with E-state index in [4.69, 9.17) is 9.47 Å². The number of para-hydroxylation sites is 2. The first-order valence-electron chi connectivity index (χ1n) is 11.4. The Hall–Kier alpha value is -3.22. The zero-order valence-corrected chi connectivity index (χ0v) is 19.9. The van der Waals surface area contributed by atoms with E-state index in [0.717, 1.165) is 22.1 Å². The van der Waals surface area contributed by atoms with Gasteiger partial charge in [-0.25, -0.2) is 9.78 Å². The molecule has 0 spiro atoms. The van der Waals surface area contributed by atoms with Crippen molar-refractivity contribution in [3.8, 4) is 11.5 Å². The number of hydrogen-bond acceptors (Lipinski definition) is 4. The number of pyridine rings is 1. The summed E-state index contributed by atoms with van der Waals surface area (Å²) in [6.07, 6.45) is 8.77. The van der Waals surface area contributed by atoms with Crippen LogP contribution in [0.4, 0.5) is 0 Å². The Morgan fingerprint density at radius 2 is 1.62 bits per heavy atom. The van der Waals surface area contributed by atoms with Gasteiger partial charge in [-0.15, -0.1) is 0 Å². The fourth-order valence-electron chi connectivity index (χ4n) is 2.82. The highest BCUT2D eigenvalue weighted by molar-refractivity contribution is 6.00. The van der Waals surface area contributed by atoms with E-state index < -0.39 is 0 Å². The van der Waals surface area contributed by atoms with Crippen molar-refractivity contribution in [1.29, 1.82) is 0 Å². The Morgan fingerprint density at radius 1 is 0.969 bits per heavy atom. The molecule has 0 bridgehead atoms. The van der Waals surface area contributed by atoms with E-state index in [1.807, 2.05) is 30.3 Å². The van der Waals surface area contributed by atoms with E-state index in [1.165, 1.54) is 25.7 Å². The van der Waals surface area contributed by atoms with Crippen LogP contribution in [0.3, 0.4) is 0 Å². The van der Waals surface area contributed by atoms with Gasteiger partial charge >= 0.3 is 5.69 Å². The Balaban J connectivity index is 0.000000395. The zero-order chi connectivity index (χ0) is 23.3. The van der Waals surface area contributed by atoms with Crippen LogP contribution in [0.25, 0.3) is 22.1 Å². The summed E-state index contributed by atoms with van der Waals surface area (Å²) in [5.74, 6) is 1.32. The molecular weight excluding hydrogens is 404 g/mol. The van der Waals surface area contributed by atoms with Crippen molar-refractivity contribution in [2.45, 2.75) is 59.9 Å². The molecule has 7 heteroatoms. The van der Waals surface area contributed by atoms with Gasteiger partial charge < -0.3 is 19.4 Å². The number of hydrogen-bond donors (Lipinski definition) is 2. The second kappa shape index (κ2) is 13.2. The number of imidazole rings is 1. The molecule has 0 fully saturated rings. The lowest BCUT2D eigenvalue weighted by molar-refractivity contribution is 0.280. The van der Waals surface area contributed by atoms with Gasteiger partial charge in [0.1, 0.15) is 12.3 Å². The molecule has 4 aromatic rings. The molecule has 0 radical (unpaired) electrons. The predicted molar refractivity (Wildman–Crippen MR) is 132 cm³/mol. The molecule has 174 valence electrons. The topological polar surface area (TPSA) is 84.9 Å². The minimum absolute atomic E-state index is 0.177. The van der Waals surface area contributed by atoms with Crippen LogP contribution in [0.5, 0.6) is 11.5 Å². The van der Waals surface area contributed by atoms with Crippen molar-refractivity contribution < 1.29 is 9.47 Å². The lowest BCUT2D eigenvalue weighted by atomic mass is 10.3. The second-order valence-electron chi connectivity index (χ2n) is 7.34. The van der Waals surface area contributed by atoms with Gasteiger partial charge in [0.05, 0.1) is 30.9 Å². The van der Waals surface area contributed by atoms with E-state index in [2.05, 4.69) is 42.6 Å². The number of rotatable bonds is 7. The summed E-state index contributed by atoms with van der Waals surface area (Å²) >= 11 is 0. The van der Waals surface area contributed by atoms with Gasteiger partial charge in [0.25, 0.3) is 0 Å². The smallest absolute Gasteiger partial charge is 0.326 e. The van der Waals surface area contributed by atoms with Crippen molar-refractivity contribution in [3.05, 3.63) is 53.2 Å². The molecule has 0 unspecified atom stereocenters. The van der Waals surface area contributed by atoms with Gasteiger partial charge in [0, 0.05) is 11.6 Å². The normalized spacial score (nSPS) is 10.3. The lowest BCUT2D eigenvalue weighted by Gasteiger charge is -2.10. The average Bonchev–Trinajstić information content (AvgIpc) is 3.44. The summed E-state index contributed by atoms with van der Waals surface area (Å²) in [7, 11) is 1.60. The molecule has 0 aliphatic carbocycles. The van der Waals surface area contributed by atoms with Crippen LogP contribution in [0.15, 0.2) is 47.5 Å². The van der Waals surface area contributed by atoms with Crippen molar-refractivity contribution in [2.75, 3.05) is 13.7 Å². The van der Waals surface area contributed by atoms with Crippen molar-refractivity contribution >= 4 is 22.1 Å². The van der Waals surface area contributed by atoms with E-state index in [1.54, 1.807) is 24.1 Å². The SMILES string of the molecule is CCCC.CCCC.COc1ccccc1OCCn1c(=O)[nH]c2c3cc[nH]c3ncc21. The highest BCUT2D eigenvalue weighted by Crippen LogP contribution is 2.26. The molecule has 0 aliphatic rings. The van der Waals surface area contributed by atoms with Crippen LogP contribution < -0.4 is 15.2 Å². The quantitative estimate of drug-likeness (QED) is 0.374. The van der Waals surface area contributed by atoms with Gasteiger partial charge in [0.15, 0.2) is 11.5 Å². The number of aromatic nitrogens is 4. The molecule has 3 heterocycles. The van der Waals surface area contributed by atoms with Gasteiger partial charge in [-0.05, 0) is 18.2 Å². The fraction of sp³-hybridized carbons (Fsp3) is 0.440. The van der Waals surface area contributed by atoms with Gasteiger partial charge in [-0.1, -0.05) is 65.5 Å². The number of methoxy groups -OCH3 is 1. The summed E-state index contributed by atoms with van der Waals surface area (Å²) in [5.41, 5.74) is 2.12. The number of nitrogens with one attached hydrogen (secondary N) is 2. The summed E-state index contributed by atoms with van der Waals surface area (Å²) in [6, 6.07) is 9.32. The third kappa shape index (κ3) is 6.39. The molecule has 0 amide bonds. The molecule has 1 aromatic carbocycles. The van der Waals surface area contributed by atoms with Crippen molar-refractivity contribution in [1.82, 2.24) is 19.5 Å². The molecule has 2 N–H and O–H groups in total. The first kappa shape index (κ1) is 25.0. The zero-order valence-electron chi connectivity index (χ0n) is 19.9. The summed E-state index contributed by atoms with van der Waals surface area (Å²) in [4.78, 5) is 22.5. The third-order valence-electron chi connectivity index (χ3n) is 4.98. The van der Waals surface area contributed by atoms with E-state index in [0.29, 0.717) is 24.7 Å². The van der Waals surface area contributed by atoms with Crippen LogP contribution in [0.1, 0.15) is 53.4 Å². The maximum Gasteiger partial charge on any atom is 0.326 e. The molecule has 3 aromatic heterocycles. The van der Waals surface area contributed by atoms with Gasteiger partial charge in [-0.2, -0.15) is 0 Å². The Labute approximate surface area is 189 Å². The molecule has 32 heavy (non-hydrogen) atoms. The Morgan fingerprint density at radius 3 is 2.25 bits per heavy atom. The second-order valence-corrected chi connectivity index (χ2v) is 7.34. The number of ether oxygens (including phenoxy) is 2. The number of aromatic amines is 2. The molecule has 0 atom stereocenters. The highest BCUT2D eigenvalue weighted by atomic mass is 16.5. The molecular formula is C25H36N4O3.